The van der Waals surface area contributed by atoms with Crippen LogP contribution in [0.15, 0.2) is 96.4 Å². The Morgan fingerprint density at radius 2 is 1.52 bits per heavy atom. The number of fused-ring (bicyclic) bond motifs is 1. The van der Waals surface area contributed by atoms with Gasteiger partial charge in [0, 0.05) is 44.0 Å². The van der Waals surface area contributed by atoms with Gasteiger partial charge in [-0.05, 0) is 52.4 Å². The maximum Gasteiger partial charge on any atom is 0.411 e. The van der Waals surface area contributed by atoms with Crippen LogP contribution in [0, 0.1) is 0 Å². The second-order valence-electron chi connectivity index (χ2n) is 10.4. The molecule has 0 bridgehead atoms. The molecule has 3 aromatic carbocycles. The van der Waals surface area contributed by atoms with E-state index in [4.69, 9.17) is 4.74 Å². The van der Waals surface area contributed by atoms with E-state index in [1.807, 2.05) is 101 Å². The van der Waals surface area contributed by atoms with Crippen molar-refractivity contribution in [1.29, 1.82) is 0 Å². The number of ether oxygens (including phenoxy) is 1. The minimum atomic E-state index is -0.697. The summed E-state index contributed by atoms with van der Waals surface area (Å²) in [6.07, 6.45) is -0.102. The Morgan fingerprint density at radius 1 is 0.810 bits per heavy atom. The number of piperazine rings is 1. The Labute approximate surface area is 249 Å². The molecule has 4 aromatic rings. The Balaban J connectivity index is 1.09. The fourth-order valence-electron chi connectivity index (χ4n) is 5.46. The summed E-state index contributed by atoms with van der Waals surface area (Å²) < 4.78 is 5.62. The van der Waals surface area contributed by atoms with Gasteiger partial charge in [-0.3, -0.25) is 14.5 Å². The molecule has 1 atom stereocenters. The maximum absolute atomic E-state index is 13.5. The molecule has 0 spiro atoms. The fraction of sp³-hybridized carbons (Fsp3) is 0.242. The largest absolute Gasteiger partial charge is 0.445 e. The molecule has 214 valence electrons. The van der Waals surface area contributed by atoms with Gasteiger partial charge in [-0.25, -0.2) is 4.79 Å². The van der Waals surface area contributed by atoms with E-state index in [1.54, 1.807) is 0 Å². The standard InChI is InChI=1S/C33H32N4O4S/c38-31(29-21-25-9-4-5-10-26(25)22-37(29)33(40)41-23-24-7-2-1-3-8-24)34-27-12-14-28(15-13-27)35-16-18-36(19-17-35)32(39)30-11-6-20-42-30/h1-15,20,29H,16-19,21-23H2,(H,34,38)/t29-/m0/s1. The van der Waals surface area contributed by atoms with E-state index in [0.717, 1.165) is 40.3 Å². The van der Waals surface area contributed by atoms with Crippen molar-refractivity contribution < 1.29 is 19.1 Å². The molecule has 3 heterocycles. The number of rotatable bonds is 6. The van der Waals surface area contributed by atoms with Crippen LogP contribution in [0.25, 0.3) is 0 Å². The monoisotopic (exact) mass is 580 g/mol. The second kappa shape index (κ2) is 12.5. The van der Waals surface area contributed by atoms with E-state index in [2.05, 4.69) is 10.2 Å². The van der Waals surface area contributed by atoms with Crippen molar-refractivity contribution in [2.75, 3.05) is 36.4 Å². The number of carbonyl (C=O) groups is 3. The first-order valence-electron chi connectivity index (χ1n) is 14.1. The molecule has 42 heavy (non-hydrogen) atoms. The number of benzene rings is 3. The fourth-order valence-corrected chi connectivity index (χ4v) is 6.15. The van der Waals surface area contributed by atoms with Crippen LogP contribution in [0.5, 0.6) is 0 Å². The van der Waals surface area contributed by atoms with Crippen LogP contribution >= 0.6 is 11.3 Å². The van der Waals surface area contributed by atoms with E-state index in [1.165, 1.54) is 16.2 Å². The molecule has 0 unspecified atom stereocenters. The van der Waals surface area contributed by atoms with Crippen LogP contribution in [-0.2, 0) is 29.1 Å². The van der Waals surface area contributed by atoms with Crippen LogP contribution in [0.1, 0.15) is 26.4 Å². The summed E-state index contributed by atoms with van der Waals surface area (Å²) in [6, 6.07) is 28.2. The predicted octanol–water partition coefficient (Wildman–Crippen LogP) is 5.41. The van der Waals surface area contributed by atoms with Gasteiger partial charge in [0.1, 0.15) is 12.6 Å². The van der Waals surface area contributed by atoms with Gasteiger partial charge in [0.25, 0.3) is 5.91 Å². The van der Waals surface area contributed by atoms with Crippen LogP contribution in [0.2, 0.25) is 0 Å². The highest BCUT2D eigenvalue weighted by Crippen LogP contribution is 2.26. The van der Waals surface area contributed by atoms with Crippen LogP contribution in [0.3, 0.4) is 0 Å². The van der Waals surface area contributed by atoms with Crippen molar-refractivity contribution >= 4 is 40.6 Å². The third kappa shape index (κ3) is 6.16. The first-order chi connectivity index (χ1) is 20.5. The van der Waals surface area contributed by atoms with Crippen LogP contribution < -0.4 is 10.2 Å². The van der Waals surface area contributed by atoms with Gasteiger partial charge in [-0.15, -0.1) is 11.3 Å². The molecule has 8 nitrogen and oxygen atoms in total. The number of thiophene rings is 1. The van der Waals surface area contributed by atoms with Crippen LogP contribution in [0.4, 0.5) is 16.2 Å². The Morgan fingerprint density at radius 3 is 2.24 bits per heavy atom. The summed E-state index contributed by atoms with van der Waals surface area (Å²) in [7, 11) is 0. The summed E-state index contributed by atoms with van der Waals surface area (Å²) in [5.41, 5.74) is 4.65. The molecule has 0 aliphatic carbocycles. The quantitative estimate of drug-likeness (QED) is 0.330. The second-order valence-corrected chi connectivity index (χ2v) is 11.4. The molecular formula is C33H32N4O4S. The number of nitrogens with zero attached hydrogens (tertiary/aromatic N) is 3. The highest BCUT2D eigenvalue weighted by molar-refractivity contribution is 7.12. The van der Waals surface area contributed by atoms with E-state index < -0.39 is 12.1 Å². The molecule has 0 radical (unpaired) electrons. The zero-order chi connectivity index (χ0) is 28.9. The zero-order valence-electron chi connectivity index (χ0n) is 23.1. The first-order valence-corrected chi connectivity index (χ1v) is 15.0. The summed E-state index contributed by atoms with van der Waals surface area (Å²) >= 11 is 1.47. The van der Waals surface area contributed by atoms with Gasteiger partial charge >= 0.3 is 6.09 Å². The molecule has 1 saturated heterocycles. The lowest BCUT2D eigenvalue weighted by Gasteiger charge is -2.36. The highest BCUT2D eigenvalue weighted by atomic mass is 32.1. The lowest BCUT2D eigenvalue weighted by atomic mass is 9.94. The number of carbonyl (C=O) groups excluding carboxylic acids is 3. The Bertz CT molecular complexity index is 1530. The van der Waals surface area contributed by atoms with Gasteiger partial charge in [0.05, 0.1) is 11.4 Å². The van der Waals surface area contributed by atoms with E-state index in [-0.39, 0.29) is 18.4 Å². The van der Waals surface area contributed by atoms with Gasteiger partial charge in [-0.2, -0.15) is 0 Å². The van der Waals surface area contributed by atoms with E-state index in [9.17, 15) is 14.4 Å². The molecule has 0 saturated carbocycles. The number of amides is 3. The van der Waals surface area contributed by atoms with Gasteiger partial charge < -0.3 is 19.9 Å². The number of hydrogen-bond donors (Lipinski definition) is 1. The Kier molecular flexibility index (Phi) is 8.18. The highest BCUT2D eigenvalue weighted by Gasteiger charge is 2.35. The molecule has 2 aliphatic rings. The number of anilines is 2. The molecule has 6 rings (SSSR count). The first kappa shape index (κ1) is 27.5. The van der Waals surface area contributed by atoms with Crippen molar-refractivity contribution in [1.82, 2.24) is 9.80 Å². The zero-order valence-corrected chi connectivity index (χ0v) is 24.0. The van der Waals surface area contributed by atoms with Gasteiger partial charge in [-0.1, -0.05) is 60.7 Å². The van der Waals surface area contributed by atoms with Crippen molar-refractivity contribution in [3.05, 3.63) is 118 Å². The topological polar surface area (TPSA) is 82.2 Å². The lowest BCUT2D eigenvalue weighted by Crippen LogP contribution is -2.50. The molecule has 9 heteroatoms. The molecule has 2 aliphatic heterocycles. The van der Waals surface area contributed by atoms with Crippen molar-refractivity contribution in [2.24, 2.45) is 0 Å². The minimum Gasteiger partial charge on any atom is -0.445 e. The smallest absolute Gasteiger partial charge is 0.411 e. The molecule has 1 fully saturated rings. The maximum atomic E-state index is 13.5. The summed E-state index contributed by atoms with van der Waals surface area (Å²) in [4.78, 5) is 45.8. The van der Waals surface area contributed by atoms with Crippen molar-refractivity contribution in [2.45, 2.75) is 25.6 Å². The normalized spacial score (nSPS) is 16.5. The summed E-state index contributed by atoms with van der Waals surface area (Å²) in [5, 5.41) is 4.93. The number of hydrogen-bond acceptors (Lipinski definition) is 6. The summed E-state index contributed by atoms with van der Waals surface area (Å²) in [5.74, 6) is -0.166. The number of nitrogens with one attached hydrogen (secondary N) is 1. The minimum absolute atomic E-state index is 0.0889. The Hall–Kier alpha value is -4.63. The van der Waals surface area contributed by atoms with Crippen LogP contribution in [-0.4, -0.2) is 59.9 Å². The SMILES string of the molecule is O=C(Nc1ccc(N2CCN(C(=O)c3cccs3)CC2)cc1)[C@@H]1Cc2ccccc2CN1C(=O)OCc1ccccc1. The van der Waals surface area contributed by atoms with Gasteiger partial charge in [0.15, 0.2) is 0 Å². The van der Waals surface area contributed by atoms with Crippen molar-refractivity contribution in [3.63, 3.8) is 0 Å². The average Bonchev–Trinajstić information content (AvgIpc) is 3.59. The van der Waals surface area contributed by atoms with Gasteiger partial charge in [0.2, 0.25) is 5.91 Å². The van der Waals surface area contributed by atoms with E-state index in [0.29, 0.717) is 31.7 Å². The third-order valence-electron chi connectivity index (χ3n) is 7.79. The third-order valence-corrected chi connectivity index (χ3v) is 8.65. The molecular weight excluding hydrogens is 548 g/mol. The predicted molar refractivity (Wildman–Crippen MR) is 164 cm³/mol. The average molecular weight is 581 g/mol. The van der Waals surface area contributed by atoms with E-state index >= 15 is 0 Å². The molecule has 1 aromatic heterocycles. The lowest BCUT2D eigenvalue weighted by molar-refractivity contribution is -0.121. The molecule has 1 N–H and O–H groups in total. The molecule has 3 amide bonds. The summed E-state index contributed by atoms with van der Waals surface area (Å²) in [6.45, 7) is 3.25. The van der Waals surface area contributed by atoms with Crippen molar-refractivity contribution in [3.8, 4) is 0 Å².